The summed E-state index contributed by atoms with van der Waals surface area (Å²) >= 11 is 0. The quantitative estimate of drug-likeness (QED) is 0.165. The molecular formula is C52H43N5. The van der Waals surface area contributed by atoms with Crippen LogP contribution in [0.5, 0.6) is 0 Å². The van der Waals surface area contributed by atoms with E-state index in [1.54, 1.807) is 0 Å². The lowest BCUT2D eigenvalue weighted by Gasteiger charge is -2.27. The highest BCUT2D eigenvalue weighted by molar-refractivity contribution is 6.11. The van der Waals surface area contributed by atoms with E-state index < -0.39 is 0 Å². The van der Waals surface area contributed by atoms with E-state index in [4.69, 9.17) is 6.57 Å². The summed E-state index contributed by atoms with van der Waals surface area (Å²) in [6.45, 7) is 21.2. The van der Waals surface area contributed by atoms with Crippen molar-refractivity contribution >= 4 is 66.4 Å². The van der Waals surface area contributed by atoms with Gasteiger partial charge < -0.3 is 14.0 Å². The normalized spacial score (nSPS) is 12.0. The van der Waals surface area contributed by atoms with Crippen LogP contribution in [0, 0.1) is 17.9 Å². The maximum Gasteiger partial charge on any atom is 0.187 e. The van der Waals surface area contributed by atoms with Crippen LogP contribution in [0.3, 0.4) is 0 Å². The third-order valence-electron chi connectivity index (χ3n) is 11.2. The molecule has 7 aromatic carbocycles. The number of aromatic nitrogens is 2. The lowest BCUT2D eigenvalue weighted by molar-refractivity contribution is 0.591. The zero-order chi connectivity index (χ0) is 39.6. The summed E-state index contributed by atoms with van der Waals surface area (Å²) in [5.74, 6) is 0. The van der Waals surface area contributed by atoms with E-state index in [0.717, 1.165) is 50.5 Å². The predicted molar refractivity (Wildman–Crippen MR) is 238 cm³/mol. The number of rotatable bonds is 5. The Morgan fingerprint density at radius 2 is 0.930 bits per heavy atom. The van der Waals surface area contributed by atoms with Gasteiger partial charge in [0.05, 0.1) is 57.3 Å². The fourth-order valence-corrected chi connectivity index (χ4v) is 8.21. The smallest absolute Gasteiger partial charge is 0.187 e. The topological polar surface area (TPSA) is 41.2 Å². The zero-order valence-corrected chi connectivity index (χ0v) is 33.2. The standard InChI is InChI=1S/C52H43N5/c1-51(2,3)35-18-26-49-45(28-35)43-12-8-10-14-47(43)56(49)41-30-40(55(38-22-16-34(33-53)17-23-38)39-24-20-37(54-7)21-25-39)31-42(32-41)57-48-15-11-9-13-44(48)46-29-36(52(4,5)6)19-27-50(46)57/h8-32H,1-6H3. The van der Waals surface area contributed by atoms with Crippen LogP contribution in [0.1, 0.15) is 58.2 Å². The van der Waals surface area contributed by atoms with Gasteiger partial charge in [0.1, 0.15) is 0 Å². The number of nitriles is 1. The molecular weight excluding hydrogens is 695 g/mol. The Balaban J connectivity index is 1.40. The maximum absolute atomic E-state index is 9.71. The molecule has 9 rings (SSSR count). The molecule has 0 unspecified atom stereocenters. The minimum Gasteiger partial charge on any atom is -0.310 e. The summed E-state index contributed by atoms with van der Waals surface area (Å²) in [6, 6.07) is 55.8. The molecule has 0 aliphatic heterocycles. The van der Waals surface area contributed by atoms with Crippen LogP contribution in [-0.2, 0) is 10.8 Å². The molecule has 0 aliphatic carbocycles. The first-order chi connectivity index (χ1) is 27.4. The van der Waals surface area contributed by atoms with E-state index in [0.29, 0.717) is 11.3 Å². The first-order valence-corrected chi connectivity index (χ1v) is 19.4. The molecule has 0 atom stereocenters. The average molecular weight is 738 g/mol. The Labute approximate surface area is 334 Å². The van der Waals surface area contributed by atoms with Crippen LogP contribution in [0.25, 0.3) is 59.8 Å². The van der Waals surface area contributed by atoms with Gasteiger partial charge in [-0.1, -0.05) is 102 Å². The van der Waals surface area contributed by atoms with Crippen LogP contribution < -0.4 is 4.90 Å². The Bertz CT molecular complexity index is 2890. The summed E-state index contributed by atoms with van der Waals surface area (Å²) in [4.78, 5) is 5.90. The van der Waals surface area contributed by atoms with Crippen molar-refractivity contribution in [2.24, 2.45) is 0 Å². The molecule has 0 aliphatic rings. The van der Waals surface area contributed by atoms with Crippen molar-refractivity contribution in [1.82, 2.24) is 9.13 Å². The highest BCUT2D eigenvalue weighted by Gasteiger charge is 2.23. The van der Waals surface area contributed by atoms with Crippen LogP contribution in [0.4, 0.5) is 22.7 Å². The highest BCUT2D eigenvalue weighted by Crippen LogP contribution is 2.43. The number of nitrogens with zero attached hydrogens (tertiary/aromatic N) is 5. The molecule has 0 bridgehead atoms. The molecule has 2 heterocycles. The van der Waals surface area contributed by atoms with Crippen LogP contribution in [0.15, 0.2) is 152 Å². The zero-order valence-electron chi connectivity index (χ0n) is 33.2. The van der Waals surface area contributed by atoms with Crippen LogP contribution >= 0.6 is 0 Å². The Hall–Kier alpha value is -7.08. The van der Waals surface area contributed by atoms with Gasteiger partial charge in [-0.3, -0.25) is 0 Å². The molecule has 0 saturated carbocycles. The lowest BCUT2D eigenvalue weighted by atomic mass is 9.86. The third kappa shape index (κ3) is 6.10. The molecule has 5 heteroatoms. The summed E-state index contributed by atoms with van der Waals surface area (Å²) in [5.41, 5.74) is 13.1. The van der Waals surface area contributed by atoms with E-state index in [1.165, 1.54) is 32.7 Å². The fourth-order valence-electron chi connectivity index (χ4n) is 8.21. The van der Waals surface area contributed by atoms with Crippen molar-refractivity contribution in [2.45, 2.75) is 52.4 Å². The first-order valence-electron chi connectivity index (χ1n) is 19.4. The Morgan fingerprint density at radius 1 is 0.491 bits per heavy atom. The molecule has 0 radical (unpaired) electrons. The van der Waals surface area contributed by atoms with Gasteiger partial charge >= 0.3 is 0 Å². The molecule has 0 N–H and O–H groups in total. The predicted octanol–water partition coefficient (Wildman–Crippen LogP) is 14.4. The van der Waals surface area contributed by atoms with Crippen molar-refractivity contribution < 1.29 is 0 Å². The Morgan fingerprint density at radius 3 is 1.37 bits per heavy atom. The van der Waals surface area contributed by atoms with Gasteiger partial charge in [0, 0.05) is 32.9 Å². The monoisotopic (exact) mass is 737 g/mol. The highest BCUT2D eigenvalue weighted by atomic mass is 15.1. The minimum atomic E-state index is -0.00173. The first kappa shape index (κ1) is 35.6. The van der Waals surface area contributed by atoms with Crippen LogP contribution in [0.2, 0.25) is 0 Å². The number of para-hydroxylation sites is 2. The summed E-state index contributed by atoms with van der Waals surface area (Å²) in [7, 11) is 0. The summed E-state index contributed by atoms with van der Waals surface area (Å²) in [5, 5.41) is 14.6. The van der Waals surface area contributed by atoms with E-state index >= 15 is 0 Å². The maximum atomic E-state index is 9.71. The minimum absolute atomic E-state index is 0.00173. The summed E-state index contributed by atoms with van der Waals surface area (Å²) in [6.07, 6.45) is 0. The van der Waals surface area contributed by atoms with Gasteiger partial charge in [-0.25, -0.2) is 4.85 Å². The SMILES string of the molecule is [C-]#[N+]c1ccc(N(c2ccc(C#N)cc2)c2cc(-n3c4ccccc4c4cc(C(C)(C)C)ccc43)cc(-n3c4ccccc4c4cc(C(C)(C)C)ccc43)c2)cc1. The molecule has 2 aromatic heterocycles. The van der Waals surface area contributed by atoms with Gasteiger partial charge in [0.15, 0.2) is 5.69 Å². The second-order valence-electron chi connectivity index (χ2n) is 17.0. The molecule has 0 amide bonds. The number of fused-ring (bicyclic) bond motifs is 6. The molecule has 0 spiro atoms. The van der Waals surface area contributed by atoms with Gasteiger partial charge in [-0.05, 0) is 113 Å². The molecule has 0 fully saturated rings. The number of anilines is 3. The van der Waals surface area contributed by atoms with Crippen molar-refractivity contribution in [2.75, 3.05) is 4.90 Å². The van der Waals surface area contributed by atoms with Crippen molar-refractivity contribution in [1.29, 1.82) is 5.26 Å². The molecule has 276 valence electrons. The van der Waals surface area contributed by atoms with Crippen molar-refractivity contribution in [3.63, 3.8) is 0 Å². The number of hydrogen-bond acceptors (Lipinski definition) is 2. The summed E-state index contributed by atoms with van der Waals surface area (Å²) < 4.78 is 4.80. The van der Waals surface area contributed by atoms with Gasteiger partial charge in [-0.15, -0.1) is 0 Å². The number of benzene rings is 7. The molecule has 9 aromatic rings. The lowest BCUT2D eigenvalue weighted by Crippen LogP contribution is -2.12. The molecule has 0 saturated heterocycles. The van der Waals surface area contributed by atoms with E-state index in [-0.39, 0.29) is 10.8 Å². The van der Waals surface area contributed by atoms with Gasteiger partial charge in [0.25, 0.3) is 0 Å². The molecule has 57 heavy (non-hydrogen) atoms. The van der Waals surface area contributed by atoms with Gasteiger partial charge in [0.2, 0.25) is 0 Å². The van der Waals surface area contributed by atoms with E-state index in [9.17, 15) is 5.26 Å². The van der Waals surface area contributed by atoms with E-state index in [2.05, 4.69) is 170 Å². The van der Waals surface area contributed by atoms with Crippen molar-refractivity contribution in [3.8, 4) is 17.4 Å². The second-order valence-corrected chi connectivity index (χ2v) is 17.0. The van der Waals surface area contributed by atoms with Gasteiger partial charge in [-0.2, -0.15) is 5.26 Å². The second kappa shape index (κ2) is 13.3. The number of hydrogen-bond donors (Lipinski definition) is 0. The average Bonchev–Trinajstić information content (AvgIpc) is 3.73. The third-order valence-corrected chi connectivity index (χ3v) is 11.2. The Kier molecular flexibility index (Phi) is 8.31. The van der Waals surface area contributed by atoms with Crippen LogP contribution in [-0.4, -0.2) is 9.13 Å². The molecule has 5 nitrogen and oxygen atoms in total. The van der Waals surface area contributed by atoms with Crippen molar-refractivity contribution in [3.05, 3.63) is 180 Å². The van der Waals surface area contributed by atoms with E-state index in [1.807, 2.05) is 48.5 Å². The fraction of sp³-hybridized carbons (Fsp3) is 0.154. The largest absolute Gasteiger partial charge is 0.310 e.